The standard InChI is InChI=1S/C12H11P.Li.H/c1-3-7-11(8-4-1)13-12-9-5-2-6-10-12;;/h1-10,13H;;/q;+1;-1. The van der Waals surface area contributed by atoms with E-state index in [-0.39, 0.29) is 20.3 Å². The summed E-state index contributed by atoms with van der Waals surface area (Å²) < 4.78 is 0. The Morgan fingerprint density at radius 1 is 0.643 bits per heavy atom. The van der Waals surface area contributed by atoms with Crippen molar-refractivity contribution in [2.45, 2.75) is 0 Å². The van der Waals surface area contributed by atoms with Crippen molar-refractivity contribution >= 4 is 19.2 Å². The third kappa shape index (κ3) is 3.32. The molecule has 0 aliphatic rings. The van der Waals surface area contributed by atoms with Crippen LogP contribution in [0.2, 0.25) is 0 Å². The third-order valence-corrected chi connectivity index (χ3v) is 3.08. The largest absolute Gasteiger partial charge is 1.00 e. The first-order chi connectivity index (χ1) is 6.45. The van der Waals surface area contributed by atoms with E-state index in [1.807, 2.05) is 0 Å². The van der Waals surface area contributed by atoms with Gasteiger partial charge in [0, 0.05) is 0 Å². The molecule has 0 N–H and O–H groups in total. The summed E-state index contributed by atoms with van der Waals surface area (Å²) in [6, 6.07) is 21.2. The first kappa shape index (κ1) is 11.5. The van der Waals surface area contributed by atoms with E-state index < -0.39 is 0 Å². The first-order valence-corrected chi connectivity index (χ1v) is 5.32. The van der Waals surface area contributed by atoms with Crippen LogP contribution in [0.15, 0.2) is 60.7 Å². The number of hydrogen-bond acceptors (Lipinski definition) is 0. The molecule has 0 fully saturated rings. The second kappa shape index (κ2) is 6.05. The molecule has 0 aromatic heterocycles. The van der Waals surface area contributed by atoms with Crippen molar-refractivity contribution in [3.8, 4) is 0 Å². The molecule has 0 unspecified atom stereocenters. The molecular weight excluding hydrogens is 182 g/mol. The third-order valence-electron chi connectivity index (χ3n) is 1.84. The second-order valence-corrected chi connectivity index (χ2v) is 4.26. The molecule has 0 aliphatic heterocycles. The van der Waals surface area contributed by atoms with Gasteiger partial charge < -0.3 is 1.43 Å². The maximum Gasteiger partial charge on any atom is 1.00 e. The summed E-state index contributed by atoms with van der Waals surface area (Å²) in [7, 11) is 0.777. The maximum absolute atomic E-state index is 2.17. The topological polar surface area (TPSA) is 0 Å². The number of rotatable bonds is 2. The molecule has 0 atom stereocenters. The Labute approximate surface area is 100 Å². The summed E-state index contributed by atoms with van der Waals surface area (Å²) in [5.74, 6) is 0. The van der Waals surface area contributed by atoms with E-state index in [1.165, 1.54) is 10.6 Å². The summed E-state index contributed by atoms with van der Waals surface area (Å²) >= 11 is 0. The van der Waals surface area contributed by atoms with Crippen LogP contribution in [0.3, 0.4) is 0 Å². The van der Waals surface area contributed by atoms with Crippen LogP contribution in [-0.4, -0.2) is 0 Å². The Kier molecular flexibility index (Phi) is 4.98. The molecule has 0 saturated heterocycles. The van der Waals surface area contributed by atoms with Gasteiger partial charge >= 0.3 is 18.9 Å². The van der Waals surface area contributed by atoms with Crippen LogP contribution >= 0.6 is 8.58 Å². The fourth-order valence-corrected chi connectivity index (χ4v) is 2.26. The number of benzene rings is 2. The fourth-order valence-electron chi connectivity index (χ4n) is 1.21. The first-order valence-electron chi connectivity index (χ1n) is 4.32. The Morgan fingerprint density at radius 3 is 1.36 bits per heavy atom. The van der Waals surface area contributed by atoms with Crippen LogP contribution in [0.1, 0.15) is 1.43 Å². The van der Waals surface area contributed by atoms with E-state index in [9.17, 15) is 0 Å². The van der Waals surface area contributed by atoms with Gasteiger partial charge in [-0.1, -0.05) is 69.2 Å². The van der Waals surface area contributed by atoms with Gasteiger partial charge in [-0.3, -0.25) is 0 Å². The minimum atomic E-state index is 0. The molecule has 2 aromatic rings. The molecule has 2 aromatic carbocycles. The quantitative estimate of drug-likeness (QED) is 0.444. The van der Waals surface area contributed by atoms with Gasteiger partial charge in [-0.2, -0.15) is 0 Å². The Hall–Kier alpha value is -0.533. The molecule has 0 nitrogen and oxygen atoms in total. The van der Waals surface area contributed by atoms with Crippen molar-refractivity contribution in [3.63, 3.8) is 0 Å². The molecule has 2 heteroatoms. The SMILES string of the molecule is [H-].[Li+].c1ccc(Pc2ccccc2)cc1. The van der Waals surface area contributed by atoms with Crippen LogP contribution in [0, 0.1) is 0 Å². The minimum absolute atomic E-state index is 0. The van der Waals surface area contributed by atoms with E-state index in [4.69, 9.17) is 0 Å². The average molecular weight is 194 g/mol. The summed E-state index contributed by atoms with van der Waals surface area (Å²) in [6.45, 7) is 0. The van der Waals surface area contributed by atoms with Crippen molar-refractivity contribution in [3.05, 3.63) is 60.7 Å². The molecule has 0 spiro atoms. The van der Waals surface area contributed by atoms with Gasteiger partial charge in [-0.05, 0) is 10.6 Å². The van der Waals surface area contributed by atoms with Gasteiger partial charge in [0.05, 0.1) is 0 Å². The average Bonchev–Trinajstić information content (AvgIpc) is 2.21. The van der Waals surface area contributed by atoms with E-state index in [1.54, 1.807) is 0 Å². The molecule has 0 amide bonds. The van der Waals surface area contributed by atoms with Crippen molar-refractivity contribution < 1.29 is 20.3 Å². The zero-order chi connectivity index (χ0) is 8.93. The van der Waals surface area contributed by atoms with Gasteiger partial charge in [-0.15, -0.1) is 0 Å². The van der Waals surface area contributed by atoms with Gasteiger partial charge in [0.25, 0.3) is 0 Å². The van der Waals surface area contributed by atoms with Crippen molar-refractivity contribution in [2.75, 3.05) is 0 Å². The molecule has 66 valence electrons. The minimum Gasteiger partial charge on any atom is -1.00 e. The fraction of sp³-hybridized carbons (Fsp3) is 0. The Bertz CT molecular complexity index is 326. The zero-order valence-corrected chi connectivity index (χ0v) is 9.27. The van der Waals surface area contributed by atoms with E-state index in [2.05, 4.69) is 60.7 Å². The Balaban J connectivity index is 0.000000980. The van der Waals surface area contributed by atoms with Crippen LogP contribution in [0.25, 0.3) is 0 Å². The van der Waals surface area contributed by atoms with Crippen molar-refractivity contribution in [1.29, 1.82) is 0 Å². The van der Waals surface area contributed by atoms with Gasteiger partial charge in [0.2, 0.25) is 0 Å². The molecule has 0 radical (unpaired) electrons. The van der Waals surface area contributed by atoms with Crippen molar-refractivity contribution in [1.82, 2.24) is 0 Å². The van der Waals surface area contributed by atoms with E-state index in [0.29, 0.717) is 0 Å². The smallest absolute Gasteiger partial charge is 1.00 e. The molecule has 0 aliphatic carbocycles. The summed E-state index contributed by atoms with van der Waals surface area (Å²) in [5.41, 5.74) is 0. The Morgan fingerprint density at radius 2 is 1.00 bits per heavy atom. The zero-order valence-electron chi connectivity index (χ0n) is 9.27. The van der Waals surface area contributed by atoms with Crippen LogP contribution in [-0.2, 0) is 0 Å². The molecule has 0 heterocycles. The summed E-state index contributed by atoms with van der Waals surface area (Å²) in [5, 5.41) is 2.79. The molecular formula is C12H12LiP. The second-order valence-electron chi connectivity index (χ2n) is 2.86. The summed E-state index contributed by atoms with van der Waals surface area (Å²) in [6.07, 6.45) is 0. The van der Waals surface area contributed by atoms with E-state index in [0.717, 1.165) is 8.58 Å². The van der Waals surface area contributed by atoms with Crippen LogP contribution < -0.4 is 29.5 Å². The molecule has 2 rings (SSSR count). The van der Waals surface area contributed by atoms with Gasteiger partial charge in [-0.25, -0.2) is 0 Å². The normalized spacial score (nSPS) is 9.14. The predicted octanol–water partition coefficient (Wildman–Crippen LogP) is -0.568. The van der Waals surface area contributed by atoms with Gasteiger partial charge in [0.15, 0.2) is 0 Å². The number of hydrogen-bond donors (Lipinski definition) is 0. The monoisotopic (exact) mass is 194 g/mol. The molecule has 14 heavy (non-hydrogen) atoms. The molecule has 0 saturated carbocycles. The predicted molar refractivity (Wildman–Crippen MR) is 61.6 cm³/mol. The van der Waals surface area contributed by atoms with E-state index >= 15 is 0 Å². The van der Waals surface area contributed by atoms with Crippen LogP contribution in [0.5, 0.6) is 0 Å². The summed E-state index contributed by atoms with van der Waals surface area (Å²) in [4.78, 5) is 0. The van der Waals surface area contributed by atoms with Crippen LogP contribution in [0.4, 0.5) is 0 Å². The maximum atomic E-state index is 2.17. The van der Waals surface area contributed by atoms with Crippen molar-refractivity contribution in [2.24, 2.45) is 0 Å². The van der Waals surface area contributed by atoms with Gasteiger partial charge in [0.1, 0.15) is 0 Å². The molecule has 0 bridgehead atoms.